The molecule has 1 saturated heterocycles. The van der Waals surface area contributed by atoms with Crippen LogP contribution < -0.4 is 16.3 Å². The van der Waals surface area contributed by atoms with Crippen molar-refractivity contribution >= 4 is 11.6 Å². The van der Waals surface area contributed by atoms with Gasteiger partial charge in [0.15, 0.2) is 0 Å². The van der Waals surface area contributed by atoms with Gasteiger partial charge >= 0.3 is 5.69 Å². The number of ether oxygens (including phenoxy) is 1. The Bertz CT molecular complexity index is 820. The van der Waals surface area contributed by atoms with Crippen LogP contribution in [0.15, 0.2) is 29.3 Å². The summed E-state index contributed by atoms with van der Waals surface area (Å²) in [6.45, 7) is 1.73. The number of nitrogens with zero attached hydrogens (tertiary/aromatic N) is 5. The molecule has 0 bridgehead atoms. The summed E-state index contributed by atoms with van der Waals surface area (Å²) >= 11 is 0. The second-order valence-corrected chi connectivity index (χ2v) is 5.98. The van der Waals surface area contributed by atoms with Gasteiger partial charge in [-0.1, -0.05) is 0 Å². The number of fused-ring (bicyclic) bond motifs is 1. The SMILES string of the molecule is Nc1ccn([C@@H]2O[C@H](CN3CCn4nccc43)CC2(F)F)c(=O)n1. The highest BCUT2D eigenvalue weighted by Crippen LogP contribution is 2.42. The molecule has 2 aromatic rings. The van der Waals surface area contributed by atoms with Crippen LogP contribution in [-0.2, 0) is 11.3 Å². The normalized spacial score (nSPS) is 25.2. The third kappa shape index (κ3) is 2.42. The summed E-state index contributed by atoms with van der Waals surface area (Å²) in [5, 5.41) is 4.15. The maximum absolute atomic E-state index is 14.4. The van der Waals surface area contributed by atoms with Gasteiger partial charge in [0, 0.05) is 31.8 Å². The highest BCUT2D eigenvalue weighted by molar-refractivity contribution is 5.41. The Morgan fingerprint density at radius 3 is 3.00 bits per heavy atom. The smallest absolute Gasteiger partial charge is 0.351 e. The molecule has 4 heterocycles. The van der Waals surface area contributed by atoms with E-state index in [9.17, 15) is 13.6 Å². The summed E-state index contributed by atoms with van der Waals surface area (Å²) in [5.41, 5.74) is 4.55. The molecule has 8 nitrogen and oxygen atoms in total. The van der Waals surface area contributed by atoms with E-state index in [4.69, 9.17) is 10.5 Å². The largest absolute Gasteiger partial charge is 0.383 e. The molecular formula is C14H16F2N6O2. The van der Waals surface area contributed by atoms with Gasteiger partial charge in [0.05, 0.1) is 18.8 Å². The van der Waals surface area contributed by atoms with E-state index in [0.29, 0.717) is 13.1 Å². The fraction of sp³-hybridized carbons (Fsp3) is 0.500. The average Bonchev–Trinajstić information content (AvgIpc) is 3.16. The van der Waals surface area contributed by atoms with Gasteiger partial charge in [0.2, 0.25) is 6.23 Å². The Morgan fingerprint density at radius 1 is 1.38 bits per heavy atom. The lowest BCUT2D eigenvalue weighted by atomic mass is 10.1. The first-order valence-corrected chi connectivity index (χ1v) is 7.59. The predicted octanol–water partition coefficient (Wildman–Crippen LogP) is 0.465. The molecule has 0 unspecified atom stereocenters. The number of nitrogen functional groups attached to an aromatic ring is 1. The number of halogens is 2. The lowest BCUT2D eigenvalue weighted by Gasteiger charge is -2.21. The minimum absolute atomic E-state index is 0.0144. The van der Waals surface area contributed by atoms with Crippen LogP contribution in [0.2, 0.25) is 0 Å². The van der Waals surface area contributed by atoms with Crippen molar-refractivity contribution in [3.05, 3.63) is 35.0 Å². The molecule has 0 aliphatic carbocycles. The molecule has 0 amide bonds. The van der Waals surface area contributed by atoms with Crippen molar-refractivity contribution in [1.29, 1.82) is 0 Å². The van der Waals surface area contributed by atoms with E-state index in [1.807, 2.05) is 15.6 Å². The topological polar surface area (TPSA) is 91.2 Å². The van der Waals surface area contributed by atoms with Gasteiger partial charge in [-0.3, -0.25) is 4.57 Å². The first-order valence-electron chi connectivity index (χ1n) is 7.59. The molecule has 0 saturated carbocycles. The van der Waals surface area contributed by atoms with E-state index < -0.39 is 30.4 Å². The molecule has 128 valence electrons. The van der Waals surface area contributed by atoms with Crippen LogP contribution in [-0.4, -0.2) is 44.4 Å². The standard InChI is InChI=1S/C14H16F2N6O2/c15-14(16)7-9(8-20-5-6-22-11(20)1-3-18-22)24-12(14)21-4-2-10(17)19-13(21)23/h1-4,9,12H,5-8H2,(H2,17,19,23)/t9-,12+/m0/s1. The Labute approximate surface area is 135 Å². The first-order chi connectivity index (χ1) is 11.4. The molecule has 4 rings (SSSR count). The number of anilines is 2. The van der Waals surface area contributed by atoms with Gasteiger partial charge in [0.25, 0.3) is 5.92 Å². The van der Waals surface area contributed by atoms with E-state index >= 15 is 0 Å². The van der Waals surface area contributed by atoms with Crippen LogP contribution in [0.25, 0.3) is 0 Å². The predicted molar refractivity (Wildman–Crippen MR) is 80.8 cm³/mol. The van der Waals surface area contributed by atoms with Crippen molar-refractivity contribution < 1.29 is 13.5 Å². The van der Waals surface area contributed by atoms with Gasteiger partial charge in [-0.05, 0) is 6.07 Å². The zero-order valence-electron chi connectivity index (χ0n) is 12.7. The number of nitrogens with two attached hydrogens (primary N) is 1. The van der Waals surface area contributed by atoms with E-state index in [0.717, 1.165) is 16.9 Å². The maximum Gasteiger partial charge on any atom is 0.351 e. The van der Waals surface area contributed by atoms with Crippen LogP contribution in [0.1, 0.15) is 12.6 Å². The van der Waals surface area contributed by atoms with Gasteiger partial charge in [-0.15, -0.1) is 0 Å². The Kier molecular flexibility index (Phi) is 3.30. The van der Waals surface area contributed by atoms with Crippen molar-refractivity contribution in [1.82, 2.24) is 19.3 Å². The molecule has 24 heavy (non-hydrogen) atoms. The molecule has 2 N–H and O–H groups in total. The molecule has 1 fully saturated rings. The summed E-state index contributed by atoms with van der Waals surface area (Å²) in [6, 6.07) is 3.14. The summed E-state index contributed by atoms with van der Waals surface area (Å²) < 4.78 is 36.8. The van der Waals surface area contributed by atoms with E-state index in [1.165, 1.54) is 12.3 Å². The monoisotopic (exact) mass is 338 g/mol. The molecule has 0 aromatic carbocycles. The van der Waals surface area contributed by atoms with Crippen molar-refractivity contribution in [2.24, 2.45) is 0 Å². The molecule has 10 heteroatoms. The number of rotatable bonds is 3. The highest BCUT2D eigenvalue weighted by Gasteiger charge is 2.52. The van der Waals surface area contributed by atoms with Gasteiger partial charge in [-0.2, -0.15) is 10.1 Å². The summed E-state index contributed by atoms with van der Waals surface area (Å²) in [6.07, 6.45) is 0.0375. The minimum atomic E-state index is -3.16. The van der Waals surface area contributed by atoms with Crippen molar-refractivity contribution in [3.8, 4) is 0 Å². The maximum atomic E-state index is 14.4. The fourth-order valence-electron chi connectivity index (χ4n) is 3.24. The molecule has 2 aromatic heterocycles. The first kappa shape index (κ1) is 15.1. The summed E-state index contributed by atoms with van der Waals surface area (Å²) in [4.78, 5) is 17.3. The van der Waals surface area contributed by atoms with Crippen LogP contribution in [0.3, 0.4) is 0 Å². The Morgan fingerprint density at radius 2 is 2.21 bits per heavy atom. The minimum Gasteiger partial charge on any atom is -0.383 e. The fourth-order valence-corrected chi connectivity index (χ4v) is 3.24. The van der Waals surface area contributed by atoms with Crippen molar-refractivity contribution in [2.45, 2.75) is 31.2 Å². The average molecular weight is 338 g/mol. The van der Waals surface area contributed by atoms with Crippen LogP contribution in [0.5, 0.6) is 0 Å². The van der Waals surface area contributed by atoms with Crippen molar-refractivity contribution in [2.75, 3.05) is 23.7 Å². The Balaban J connectivity index is 1.54. The van der Waals surface area contributed by atoms with E-state index in [1.54, 1.807) is 6.20 Å². The third-order valence-electron chi connectivity index (χ3n) is 4.31. The zero-order chi connectivity index (χ0) is 16.9. The number of aromatic nitrogens is 4. The van der Waals surface area contributed by atoms with Gasteiger partial charge in [-0.25, -0.2) is 18.3 Å². The van der Waals surface area contributed by atoms with Crippen molar-refractivity contribution in [3.63, 3.8) is 0 Å². The second-order valence-electron chi connectivity index (χ2n) is 5.98. The number of hydrogen-bond acceptors (Lipinski definition) is 6. The quantitative estimate of drug-likeness (QED) is 0.875. The molecule has 2 aliphatic rings. The molecule has 2 atom stereocenters. The lowest BCUT2D eigenvalue weighted by molar-refractivity contribution is -0.116. The van der Waals surface area contributed by atoms with Crippen LogP contribution in [0, 0.1) is 0 Å². The highest BCUT2D eigenvalue weighted by atomic mass is 19.3. The number of hydrogen-bond donors (Lipinski definition) is 1. The molecule has 0 spiro atoms. The van der Waals surface area contributed by atoms with E-state index in [2.05, 4.69) is 10.1 Å². The van der Waals surface area contributed by atoms with Crippen LogP contribution in [0.4, 0.5) is 20.4 Å². The molecule has 2 aliphatic heterocycles. The zero-order valence-corrected chi connectivity index (χ0v) is 12.7. The molecular weight excluding hydrogens is 322 g/mol. The second kappa shape index (κ2) is 5.26. The molecule has 0 radical (unpaired) electrons. The lowest BCUT2D eigenvalue weighted by Crippen LogP contribution is -2.35. The van der Waals surface area contributed by atoms with Gasteiger partial charge in [0.1, 0.15) is 11.6 Å². The van der Waals surface area contributed by atoms with Crippen LogP contribution >= 0.6 is 0 Å². The summed E-state index contributed by atoms with van der Waals surface area (Å²) in [5.74, 6) is -2.29. The van der Waals surface area contributed by atoms with Gasteiger partial charge < -0.3 is 15.4 Å². The third-order valence-corrected chi connectivity index (χ3v) is 4.31. The summed E-state index contributed by atoms with van der Waals surface area (Å²) in [7, 11) is 0. The van der Waals surface area contributed by atoms with E-state index in [-0.39, 0.29) is 5.82 Å². The Hall–Kier alpha value is -2.49. The number of alkyl halides is 2.